The number of allylic oxidation sites excluding steroid dienone is 2. The fraction of sp³-hybridized carbons (Fsp3) is 0.391. The van der Waals surface area contributed by atoms with Crippen molar-refractivity contribution in [3.8, 4) is 23.0 Å². The van der Waals surface area contributed by atoms with E-state index >= 15 is 0 Å². The summed E-state index contributed by atoms with van der Waals surface area (Å²) >= 11 is 0. The number of para-hydroxylation sites is 1. The minimum Gasteiger partial charge on any atom is -0.457 e. The topological polar surface area (TPSA) is 44.9 Å². The molecule has 6 aromatic rings. The molecule has 0 N–H and O–H groups in total. The number of aryl methyl sites for hydroxylation is 1. The number of benzene rings is 3. The molecule has 3 aromatic carbocycles. The van der Waals surface area contributed by atoms with E-state index < -0.39 is 0 Å². The monoisotopic (exact) mass is 678 g/mol. The van der Waals surface area contributed by atoms with Crippen LogP contribution >= 0.6 is 0 Å². The normalized spacial score (nSPS) is 18.2. The molecule has 7 rings (SSSR count). The van der Waals surface area contributed by atoms with Crippen molar-refractivity contribution in [2.75, 3.05) is 0 Å². The van der Waals surface area contributed by atoms with Gasteiger partial charge in [-0.15, -0.1) is 0 Å². The first-order valence-corrected chi connectivity index (χ1v) is 19.0. The summed E-state index contributed by atoms with van der Waals surface area (Å²) in [6, 6.07) is 26.0. The third kappa shape index (κ3) is 6.41. The van der Waals surface area contributed by atoms with E-state index in [1.165, 1.54) is 46.0 Å². The zero-order chi connectivity index (χ0) is 36.2. The van der Waals surface area contributed by atoms with Crippen molar-refractivity contribution in [3.63, 3.8) is 0 Å². The minimum absolute atomic E-state index is 0.0117. The lowest BCUT2D eigenvalue weighted by Crippen LogP contribution is -2.23. The Hall–Kier alpha value is -4.64. The number of aromatic nitrogens is 4. The van der Waals surface area contributed by atoms with Gasteiger partial charge in [-0.1, -0.05) is 91.7 Å². The molecule has 0 amide bonds. The van der Waals surface area contributed by atoms with E-state index in [0.29, 0.717) is 23.7 Å². The Bertz CT molecular complexity index is 2260. The smallest absolute Gasteiger partial charge is 0.137 e. The molecule has 5 nitrogen and oxygen atoms in total. The van der Waals surface area contributed by atoms with Crippen LogP contribution in [0.4, 0.5) is 0 Å². The summed E-state index contributed by atoms with van der Waals surface area (Å²) in [6.07, 6.45) is 7.95. The highest BCUT2D eigenvalue weighted by Crippen LogP contribution is 2.46. The first-order valence-electron chi connectivity index (χ1n) is 19.0. The summed E-state index contributed by atoms with van der Waals surface area (Å²) in [6.45, 7) is 22.7. The Kier molecular flexibility index (Phi) is 9.20. The van der Waals surface area contributed by atoms with Crippen molar-refractivity contribution >= 4 is 21.8 Å². The maximum atomic E-state index is 6.79. The van der Waals surface area contributed by atoms with Crippen LogP contribution in [0.25, 0.3) is 33.3 Å². The summed E-state index contributed by atoms with van der Waals surface area (Å²) in [5.41, 5.74) is 11.1. The molecule has 0 saturated heterocycles. The van der Waals surface area contributed by atoms with E-state index in [0.717, 1.165) is 46.2 Å². The lowest BCUT2D eigenvalue weighted by atomic mass is 9.69. The predicted molar refractivity (Wildman–Crippen MR) is 213 cm³/mol. The molecule has 1 unspecified atom stereocenters. The number of ether oxygens (including phenoxy) is 1. The summed E-state index contributed by atoms with van der Waals surface area (Å²) in [4.78, 5) is 4.87. The summed E-state index contributed by atoms with van der Waals surface area (Å²) in [7, 11) is 0. The molecule has 1 aliphatic rings. The molecule has 1 aliphatic carbocycles. The second-order valence-electron chi connectivity index (χ2n) is 16.2. The largest absolute Gasteiger partial charge is 0.457 e. The molecule has 0 fully saturated rings. The van der Waals surface area contributed by atoms with Crippen LogP contribution in [-0.4, -0.2) is 19.3 Å². The van der Waals surface area contributed by atoms with Gasteiger partial charge in [-0.3, -0.25) is 4.57 Å². The second kappa shape index (κ2) is 13.5. The molecule has 0 aliphatic heterocycles. The highest BCUT2D eigenvalue weighted by molar-refractivity contribution is 6.09. The molecule has 51 heavy (non-hydrogen) atoms. The maximum absolute atomic E-state index is 6.79. The Morgan fingerprint density at radius 3 is 2.37 bits per heavy atom. The first kappa shape index (κ1) is 34.8. The number of hydrogen-bond acceptors (Lipinski definition) is 3. The van der Waals surface area contributed by atoms with Crippen LogP contribution in [0.15, 0.2) is 90.6 Å². The van der Waals surface area contributed by atoms with Gasteiger partial charge < -0.3 is 4.74 Å². The van der Waals surface area contributed by atoms with Gasteiger partial charge in [-0.05, 0) is 103 Å². The highest BCUT2D eigenvalue weighted by atomic mass is 16.5. The molecular weight excluding hydrogens is 625 g/mol. The van der Waals surface area contributed by atoms with Crippen molar-refractivity contribution in [2.24, 2.45) is 11.8 Å². The fourth-order valence-corrected chi connectivity index (χ4v) is 8.50. The average Bonchev–Trinajstić information content (AvgIpc) is 3.59. The van der Waals surface area contributed by atoms with Crippen molar-refractivity contribution in [1.82, 2.24) is 19.3 Å². The summed E-state index contributed by atoms with van der Waals surface area (Å²) in [5, 5.41) is 7.59. The van der Waals surface area contributed by atoms with Crippen LogP contribution < -0.4 is 4.74 Å². The van der Waals surface area contributed by atoms with Gasteiger partial charge in [0.1, 0.15) is 17.3 Å². The van der Waals surface area contributed by atoms with Gasteiger partial charge >= 0.3 is 0 Å². The quantitative estimate of drug-likeness (QED) is 0.151. The molecule has 5 heteroatoms. The van der Waals surface area contributed by atoms with Gasteiger partial charge in [-0.2, -0.15) is 5.10 Å². The van der Waals surface area contributed by atoms with E-state index in [9.17, 15) is 0 Å². The zero-order valence-corrected chi connectivity index (χ0v) is 32.2. The number of pyridine rings is 1. The molecular formula is C46H54N4O. The SMILES string of the molecule is CCC1=C[C@H](C)C[C@H](CC)C1c1c(C)nn(-c2cc(Oc3ccc4c5ccccc5n(-c5cc(C(C)(C)C)ccn5)c4c3)cc(C(C)C)c2)c1C. The molecule has 3 heterocycles. The summed E-state index contributed by atoms with van der Waals surface area (Å²) in [5.74, 6) is 4.53. The Morgan fingerprint density at radius 1 is 0.882 bits per heavy atom. The van der Waals surface area contributed by atoms with Crippen LogP contribution in [-0.2, 0) is 5.41 Å². The van der Waals surface area contributed by atoms with Gasteiger partial charge in [-0.25, -0.2) is 9.67 Å². The number of hydrogen-bond donors (Lipinski definition) is 0. The standard InChI is InChI=1S/C46H54N4O/c1-11-32-21-29(5)22-33(12-2)45(32)44-30(6)48-50(31(44)7)36-23-34(28(3)4)24-38(26-36)51-37-17-18-40-39-15-13-14-16-41(39)49(42(40)27-37)43-25-35(19-20-47-43)46(8,9)10/h13-21,23-29,33,45H,11-12,22H2,1-10H3/t29-,33-,45?/m0/s1. The molecule has 0 radical (unpaired) electrons. The van der Waals surface area contributed by atoms with E-state index in [-0.39, 0.29) is 5.41 Å². The van der Waals surface area contributed by atoms with Gasteiger partial charge in [0.2, 0.25) is 0 Å². The number of rotatable bonds is 8. The van der Waals surface area contributed by atoms with Gasteiger partial charge in [0.15, 0.2) is 0 Å². The zero-order valence-electron chi connectivity index (χ0n) is 32.2. The van der Waals surface area contributed by atoms with Gasteiger partial charge in [0.05, 0.1) is 22.4 Å². The van der Waals surface area contributed by atoms with Crippen LogP contribution in [0.3, 0.4) is 0 Å². The van der Waals surface area contributed by atoms with Crippen molar-refractivity contribution in [3.05, 3.63) is 119 Å². The third-order valence-corrected chi connectivity index (χ3v) is 11.2. The van der Waals surface area contributed by atoms with Crippen LogP contribution in [0.1, 0.15) is 115 Å². The fourth-order valence-electron chi connectivity index (χ4n) is 8.50. The first-order chi connectivity index (χ1) is 24.4. The van der Waals surface area contributed by atoms with Gasteiger partial charge in [0.25, 0.3) is 0 Å². The average molecular weight is 679 g/mol. The maximum Gasteiger partial charge on any atom is 0.137 e. The van der Waals surface area contributed by atoms with Gasteiger partial charge in [0, 0.05) is 46.3 Å². The molecule has 0 bridgehead atoms. The number of nitrogens with zero attached hydrogens (tertiary/aromatic N) is 4. The molecule has 0 saturated carbocycles. The molecule has 3 atom stereocenters. The van der Waals surface area contributed by atoms with E-state index in [2.05, 4.69) is 157 Å². The Balaban J connectivity index is 1.32. The van der Waals surface area contributed by atoms with Crippen molar-refractivity contribution in [2.45, 2.75) is 106 Å². The van der Waals surface area contributed by atoms with E-state index in [1.807, 2.05) is 6.20 Å². The van der Waals surface area contributed by atoms with Crippen molar-refractivity contribution < 1.29 is 4.74 Å². The van der Waals surface area contributed by atoms with E-state index in [4.69, 9.17) is 14.8 Å². The van der Waals surface area contributed by atoms with Crippen LogP contribution in [0.5, 0.6) is 11.5 Å². The summed E-state index contributed by atoms with van der Waals surface area (Å²) < 4.78 is 11.2. The third-order valence-electron chi connectivity index (χ3n) is 11.2. The predicted octanol–water partition coefficient (Wildman–Crippen LogP) is 12.7. The molecule has 264 valence electrons. The van der Waals surface area contributed by atoms with E-state index in [1.54, 1.807) is 5.57 Å². The van der Waals surface area contributed by atoms with Crippen molar-refractivity contribution in [1.29, 1.82) is 0 Å². The Morgan fingerprint density at radius 2 is 1.65 bits per heavy atom. The van der Waals surface area contributed by atoms with Crippen LogP contribution in [0, 0.1) is 25.7 Å². The minimum atomic E-state index is 0.0117. The highest BCUT2D eigenvalue weighted by Gasteiger charge is 2.34. The number of fused-ring (bicyclic) bond motifs is 3. The van der Waals surface area contributed by atoms with Crippen LogP contribution in [0.2, 0.25) is 0 Å². The molecule has 0 spiro atoms. The lowest BCUT2D eigenvalue weighted by Gasteiger charge is -2.35. The molecule has 3 aromatic heterocycles. The second-order valence-corrected chi connectivity index (χ2v) is 16.2. The Labute approximate surface area is 304 Å². The lowest BCUT2D eigenvalue weighted by molar-refractivity contribution is 0.347.